The molecule has 2 aromatic heterocycles. The molecule has 0 spiro atoms. The van der Waals surface area contributed by atoms with Gasteiger partial charge in [0.25, 0.3) is 0 Å². The van der Waals surface area contributed by atoms with Crippen LogP contribution in [0.1, 0.15) is 30.3 Å². The molecule has 0 amide bonds. The first-order chi connectivity index (χ1) is 14.3. The zero-order valence-electron chi connectivity index (χ0n) is 16.3. The van der Waals surface area contributed by atoms with E-state index < -0.39 is 0 Å². The molecule has 1 aromatic carbocycles. The van der Waals surface area contributed by atoms with Gasteiger partial charge in [-0.3, -0.25) is 4.90 Å². The Labute approximate surface area is 168 Å². The lowest BCUT2D eigenvalue weighted by atomic mass is 10.1. The van der Waals surface area contributed by atoms with Gasteiger partial charge in [0.1, 0.15) is 12.4 Å². The van der Waals surface area contributed by atoms with Crippen LogP contribution in [0.2, 0.25) is 0 Å². The van der Waals surface area contributed by atoms with E-state index in [9.17, 15) is 4.39 Å². The van der Waals surface area contributed by atoms with E-state index in [0.29, 0.717) is 48.5 Å². The van der Waals surface area contributed by atoms with E-state index in [1.165, 1.54) is 6.07 Å². The molecule has 3 heterocycles. The molecular formula is C21H23FN4O3. The number of rotatable bonds is 8. The summed E-state index contributed by atoms with van der Waals surface area (Å²) in [4.78, 5) is 11.0. The van der Waals surface area contributed by atoms with E-state index >= 15 is 0 Å². The van der Waals surface area contributed by atoms with Crippen molar-refractivity contribution in [3.8, 4) is 17.3 Å². The van der Waals surface area contributed by atoms with Gasteiger partial charge in [-0.25, -0.2) is 9.37 Å². The van der Waals surface area contributed by atoms with Crippen LogP contribution in [-0.2, 0) is 11.3 Å². The summed E-state index contributed by atoms with van der Waals surface area (Å²) in [5.74, 6) is 1.20. The van der Waals surface area contributed by atoms with Crippen molar-refractivity contribution >= 4 is 0 Å². The SMILES string of the molecule is COCCOc1ncccc1-c1noc(C2CCCN2Cc2ccccc2F)n1. The van der Waals surface area contributed by atoms with E-state index in [4.69, 9.17) is 14.0 Å². The second-order valence-corrected chi connectivity index (χ2v) is 6.87. The largest absolute Gasteiger partial charge is 0.475 e. The van der Waals surface area contributed by atoms with Crippen molar-refractivity contribution in [2.75, 3.05) is 26.9 Å². The fourth-order valence-corrected chi connectivity index (χ4v) is 3.52. The normalized spacial score (nSPS) is 17.0. The highest BCUT2D eigenvalue weighted by atomic mass is 19.1. The Hall–Kier alpha value is -2.84. The molecular weight excluding hydrogens is 375 g/mol. The predicted molar refractivity (Wildman–Crippen MR) is 104 cm³/mol. The van der Waals surface area contributed by atoms with E-state index in [1.807, 2.05) is 18.2 Å². The number of halogens is 1. The molecule has 1 aliphatic heterocycles. The lowest BCUT2D eigenvalue weighted by molar-refractivity contribution is 0.144. The summed E-state index contributed by atoms with van der Waals surface area (Å²) in [5.41, 5.74) is 1.33. The Balaban J connectivity index is 1.52. The first-order valence-electron chi connectivity index (χ1n) is 9.64. The lowest BCUT2D eigenvalue weighted by Gasteiger charge is -2.21. The first-order valence-corrected chi connectivity index (χ1v) is 9.64. The third kappa shape index (κ3) is 4.44. The van der Waals surface area contributed by atoms with Gasteiger partial charge in [-0.05, 0) is 37.6 Å². The summed E-state index contributed by atoms with van der Waals surface area (Å²) < 4.78 is 30.3. The summed E-state index contributed by atoms with van der Waals surface area (Å²) in [7, 11) is 1.61. The molecule has 3 aromatic rings. The number of aromatic nitrogens is 3. The number of hydrogen-bond donors (Lipinski definition) is 0. The lowest BCUT2D eigenvalue weighted by Crippen LogP contribution is -2.23. The van der Waals surface area contributed by atoms with Gasteiger partial charge in [0.15, 0.2) is 0 Å². The van der Waals surface area contributed by atoms with Gasteiger partial charge in [0.2, 0.25) is 17.6 Å². The quantitative estimate of drug-likeness (QED) is 0.537. The van der Waals surface area contributed by atoms with E-state index in [-0.39, 0.29) is 11.9 Å². The Morgan fingerprint density at radius 1 is 1.21 bits per heavy atom. The third-order valence-electron chi connectivity index (χ3n) is 4.96. The van der Waals surface area contributed by atoms with Gasteiger partial charge in [-0.1, -0.05) is 23.4 Å². The molecule has 0 N–H and O–H groups in total. The molecule has 0 saturated carbocycles. The molecule has 29 heavy (non-hydrogen) atoms. The summed E-state index contributed by atoms with van der Waals surface area (Å²) >= 11 is 0. The molecule has 1 fully saturated rings. The molecule has 1 atom stereocenters. The van der Waals surface area contributed by atoms with Crippen molar-refractivity contribution in [2.45, 2.75) is 25.4 Å². The summed E-state index contributed by atoms with van der Waals surface area (Å²) in [5, 5.41) is 4.14. The van der Waals surface area contributed by atoms with Crippen LogP contribution < -0.4 is 4.74 Å². The minimum absolute atomic E-state index is 0.0367. The standard InChI is InChI=1S/C21H23FN4O3/c1-27-12-13-28-20-16(7-4-10-23-20)19-24-21(29-25-19)18-9-5-11-26(18)14-15-6-2-3-8-17(15)22/h2-4,6-8,10,18H,5,9,11-14H2,1H3. The fraction of sp³-hybridized carbons (Fsp3) is 0.381. The maximum absolute atomic E-state index is 14.1. The zero-order valence-corrected chi connectivity index (χ0v) is 16.3. The van der Waals surface area contributed by atoms with Crippen LogP contribution in [0.3, 0.4) is 0 Å². The van der Waals surface area contributed by atoms with Crippen molar-refractivity contribution < 1.29 is 18.4 Å². The third-order valence-corrected chi connectivity index (χ3v) is 4.96. The highest BCUT2D eigenvalue weighted by Crippen LogP contribution is 2.34. The number of benzene rings is 1. The van der Waals surface area contributed by atoms with Gasteiger partial charge >= 0.3 is 0 Å². The Morgan fingerprint density at radius 3 is 2.97 bits per heavy atom. The molecule has 7 nitrogen and oxygen atoms in total. The van der Waals surface area contributed by atoms with Crippen molar-refractivity contribution in [2.24, 2.45) is 0 Å². The topological polar surface area (TPSA) is 73.5 Å². The fourth-order valence-electron chi connectivity index (χ4n) is 3.52. The van der Waals surface area contributed by atoms with Crippen LogP contribution >= 0.6 is 0 Å². The number of hydrogen-bond acceptors (Lipinski definition) is 7. The van der Waals surface area contributed by atoms with E-state index in [1.54, 1.807) is 25.4 Å². The molecule has 1 aliphatic rings. The molecule has 0 radical (unpaired) electrons. The summed E-state index contributed by atoms with van der Waals surface area (Å²) in [6, 6.07) is 10.4. The monoisotopic (exact) mass is 398 g/mol. The van der Waals surface area contributed by atoms with Crippen LogP contribution in [0.5, 0.6) is 5.88 Å². The highest BCUT2D eigenvalue weighted by molar-refractivity contribution is 5.60. The van der Waals surface area contributed by atoms with E-state index in [0.717, 1.165) is 19.4 Å². The van der Waals surface area contributed by atoms with Crippen molar-refractivity contribution in [3.63, 3.8) is 0 Å². The maximum Gasteiger partial charge on any atom is 0.244 e. The molecule has 4 rings (SSSR count). The molecule has 1 saturated heterocycles. The van der Waals surface area contributed by atoms with Crippen molar-refractivity contribution in [1.82, 2.24) is 20.0 Å². The van der Waals surface area contributed by atoms with Gasteiger partial charge in [-0.15, -0.1) is 0 Å². The molecule has 0 aliphatic carbocycles. The second kappa shape index (κ2) is 9.11. The summed E-state index contributed by atoms with van der Waals surface area (Å²) in [6.45, 7) is 2.20. The number of nitrogens with zero attached hydrogens (tertiary/aromatic N) is 4. The van der Waals surface area contributed by atoms with Crippen LogP contribution in [-0.4, -0.2) is 46.9 Å². The zero-order chi connectivity index (χ0) is 20.1. The Bertz CT molecular complexity index is 949. The smallest absolute Gasteiger partial charge is 0.244 e. The minimum Gasteiger partial charge on any atom is -0.475 e. The number of likely N-dealkylation sites (tertiary alicyclic amines) is 1. The van der Waals surface area contributed by atoms with Crippen molar-refractivity contribution in [3.05, 3.63) is 59.9 Å². The summed E-state index contributed by atoms with van der Waals surface area (Å²) in [6.07, 6.45) is 3.54. The van der Waals surface area contributed by atoms with Gasteiger partial charge in [0, 0.05) is 25.4 Å². The second-order valence-electron chi connectivity index (χ2n) is 6.87. The van der Waals surface area contributed by atoms with Gasteiger partial charge in [-0.2, -0.15) is 4.98 Å². The maximum atomic E-state index is 14.1. The Kier molecular flexibility index (Phi) is 6.12. The number of pyridine rings is 1. The number of methoxy groups -OCH3 is 1. The Morgan fingerprint density at radius 2 is 2.10 bits per heavy atom. The van der Waals surface area contributed by atoms with Crippen molar-refractivity contribution in [1.29, 1.82) is 0 Å². The van der Waals surface area contributed by atoms with Gasteiger partial charge in [0.05, 0.1) is 18.2 Å². The first kappa shape index (κ1) is 19.5. The minimum atomic E-state index is -0.197. The predicted octanol–water partition coefficient (Wildman–Crippen LogP) is 3.63. The van der Waals surface area contributed by atoms with Crippen LogP contribution in [0, 0.1) is 5.82 Å². The molecule has 0 bridgehead atoms. The van der Waals surface area contributed by atoms with Crippen LogP contribution in [0.25, 0.3) is 11.4 Å². The highest BCUT2D eigenvalue weighted by Gasteiger charge is 2.31. The molecule has 1 unspecified atom stereocenters. The number of ether oxygens (including phenoxy) is 2. The molecule has 152 valence electrons. The molecule has 8 heteroatoms. The van der Waals surface area contributed by atoms with Crippen LogP contribution in [0.15, 0.2) is 47.1 Å². The average Bonchev–Trinajstić information content (AvgIpc) is 3.40. The van der Waals surface area contributed by atoms with Gasteiger partial charge < -0.3 is 14.0 Å². The average molecular weight is 398 g/mol. The van der Waals surface area contributed by atoms with Crippen LogP contribution in [0.4, 0.5) is 4.39 Å². The van der Waals surface area contributed by atoms with E-state index in [2.05, 4.69) is 20.0 Å².